The largest absolute Gasteiger partial charge is 0.772 e. The summed E-state index contributed by atoms with van der Waals surface area (Å²) in [6.45, 7) is 5.62. The van der Waals surface area contributed by atoms with Gasteiger partial charge in [0.2, 0.25) is 0 Å². The molecule has 80 valence electrons. The van der Waals surface area contributed by atoms with Crippen molar-refractivity contribution in [3.05, 3.63) is 0 Å². The summed E-state index contributed by atoms with van der Waals surface area (Å²) in [7, 11) is 1.88. The molecule has 0 aromatic heterocycles. The second-order valence-electron chi connectivity index (χ2n) is 3.97. The van der Waals surface area contributed by atoms with E-state index in [4.69, 9.17) is 0 Å². The van der Waals surface area contributed by atoms with Crippen molar-refractivity contribution < 1.29 is 8.76 Å². The summed E-state index contributed by atoms with van der Waals surface area (Å²) in [4.78, 5) is 0. The van der Waals surface area contributed by atoms with E-state index < -0.39 is 15.8 Å². The minimum Gasteiger partial charge on any atom is -0.772 e. The lowest BCUT2D eigenvalue weighted by Gasteiger charge is -2.31. The van der Waals surface area contributed by atoms with Crippen molar-refractivity contribution in [2.24, 2.45) is 0 Å². The molecule has 2 unspecified atom stereocenters. The molecule has 0 aromatic carbocycles. The van der Waals surface area contributed by atoms with E-state index >= 15 is 0 Å². The van der Waals surface area contributed by atoms with Gasteiger partial charge in [-0.2, -0.15) is 0 Å². The van der Waals surface area contributed by atoms with Crippen LogP contribution in [0.1, 0.15) is 40.0 Å². The summed E-state index contributed by atoms with van der Waals surface area (Å²) in [5.74, 6) is 0. The second-order valence-corrected chi connectivity index (χ2v) is 5.55. The Morgan fingerprint density at radius 2 is 2.08 bits per heavy atom. The Balaban J connectivity index is 4.13. The van der Waals surface area contributed by atoms with Crippen LogP contribution >= 0.6 is 0 Å². The monoisotopic (exact) mass is 206 g/mol. The van der Waals surface area contributed by atoms with Crippen molar-refractivity contribution in [1.82, 2.24) is 5.32 Å². The van der Waals surface area contributed by atoms with E-state index in [9.17, 15) is 8.76 Å². The van der Waals surface area contributed by atoms with Crippen molar-refractivity contribution in [2.75, 3.05) is 7.05 Å². The average Bonchev–Trinajstić information content (AvgIpc) is 2.03. The topological polar surface area (TPSA) is 52.2 Å². The highest BCUT2D eigenvalue weighted by atomic mass is 32.2. The van der Waals surface area contributed by atoms with Crippen LogP contribution in [-0.2, 0) is 11.1 Å². The molecule has 2 atom stereocenters. The van der Waals surface area contributed by atoms with E-state index in [-0.39, 0.29) is 0 Å². The van der Waals surface area contributed by atoms with Gasteiger partial charge in [-0.05, 0) is 44.8 Å². The van der Waals surface area contributed by atoms with Gasteiger partial charge in [0.15, 0.2) is 0 Å². The fourth-order valence-electron chi connectivity index (χ4n) is 1.36. The number of hydrogen-bond acceptors (Lipinski definition) is 3. The standard InChI is InChI=1S/C9H21NO2S/c1-5-6-8(10-4)7-9(2,3)13(11)12/h8,10H,5-7H2,1-4H3,(H,11,12)/p-1. The summed E-state index contributed by atoms with van der Waals surface area (Å²) >= 11 is -1.99. The van der Waals surface area contributed by atoms with Gasteiger partial charge in [-0.1, -0.05) is 13.3 Å². The summed E-state index contributed by atoms with van der Waals surface area (Å²) in [6.07, 6.45) is 2.78. The molecule has 0 amide bonds. The van der Waals surface area contributed by atoms with Gasteiger partial charge >= 0.3 is 0 Å². The Morgan fingerprint density at radius 3 is 2.38 bits per heavy atom. The van der Waals surface area contributed by atoms with Crippen LogP contribution in [0.25, 0.3) is 0 Å². The first-order valence-corrected chi connectivity index (χ1v) is 5.78. The molecular weight excluding hydrogens is 186 g/mol. The van der Waals surface area contributed by atoms with Crippen LogP contribution in [0.15, 0.2) is 0 Å². The molecule has 0 aliphatic rings. The Labute approximate surface area is 83.6 Å². The first kappa shape index (κ1) is 13.1. The van der Waals surface area contributed by atoms with Crippen molar-refractivity contribution in [3.63, 3.8) is 0 Å². The third kappa shape index (κ3) is 4.74. The SMILES string of the molecule is CCCC(CC(C)(C)S(=O)[O-])NC. The van der Waals surface area contributed by atoms with E-state index in [2.05, 4.69) is 12.2 Å². The van der Waals surface area contributed by atoms with Gasteiger partial charge in [-0.3, -0.25) is 4.21 Å². The lowest BCUT2D eigenvalue weighted by molar-refractivity contribution is 0.410. The molecule has 3 nitrogen and oxygen atoms in total. The quantitative estimate of drug-likeness (QED) is 0.669. The molecule has 1 N–H and O–H groups in total. The first-order chi connectivity index (χ1) is 5.94. The van der Waals surface area contributed by atoms with E-state index in [0.29, 0.717) is 12.5 Å². The Hall–Kier alpha value is 0.0700. The van der Waals surface area contributed by atoms with Gasteiger partial charge in [0.1, 0.15) is 0 Å². The van der Waals surface area contributed by atoms with Crippen LogP contribution in [-0.4, -0.2) is 26.6 Å². The molecule has 0 aliphatic carbocycles. The third-order valence-electron chi connectivity index (χ3n) is 2.23. The van der Waals surface area contributed by atoms with Gasteiger partial charge in [-0.25, -0.2) is 0 Å². The molecule has 0 aromatic rings. The normalized spacial score (nSPS) is 17.0. The van der Waals surface area contributed by atoms with Crippen molar-refractivity contribution in [3.8, 4) is 0 Å². The van der Waals surface area contributed by atoms with Gasteiger partial charge in [0.05, 0.1) is 0 Å². The fourth-order valence-corrected chi connectivity index (χ4v) is 1.70. The number of rotatable bonds is 6. The summed E-state index contributed by atoms with van der Waals surface area (Å²) < 4.78 is 21.1. The summed E-state index contributed by atoms with van der Waals surface area (Å²) in [5.41, 5.74) is 0. The zero-order chi connectivity index (χ0) is 10.5. The predicted molar refractivity (Wildman–Crippen MR) is 55.4 cm³/mol. The van der Waals surface area contributed by atoms with Crippen molar-refractivity contribution >= 4 is 11.1 Å². The third-order valence-corrected chi connectivity index (χ3v) is 3.30. The Bertz CT molecular complexity index is 171. The molecule has 0 saturated carbocycles. The maximum Gasteiger partial charge on any atom is 0.0286 e. The molecule has 0 rings (SSSR count). The van der Waals surface area contributed by atoms with Crippen LogP contribution in [0.4, 0.5) is 0 Å². The van der Waals surface area contributed by atoms with Gasteiger partial charge in [0, 0.05) is 10.8 Å². The Morgan fingerprint density at radius 1 is 1.54 bits per heavy atom. The molecule has 0 fully saturated rings. The van der Waals surface area contributed by atoms with Crippen LogP contribution in [0.3, 0.4) is 0 Å². The van der Waals surface area contributed by atoms with Crippen LogP contribution < -0.4 is 5.32 Å². The van der Waals surface area contributed by atoms with Crippen LogP contribution in [0.5, 0.6) is 0 Å². The molecular formula is C9H20NO2S-. The van der Waals surface area contributed by atoms with Crippen molar-refractivity contribution in [1.29, 1.82) is 0 Å². The zero-order valence-corrected chi connectivity index (χ0v) is 9.74. The van der Waals surface area contributed by atoms with Crippen LogP contribution in [0, 0.1) is 0 Å². The number of hydrogen-bond donors (Lipinski definition) is 1. The average molecular weight is 206 g/mol. The molecule has 0 bridgehead atoms. The van der Waals surface area contributed by atoms with Gasteiger partial charge in [-0.15, -0.1) is 0 Å². The van der Waals surface area contributed by atoms with Crippen LogP contribution in [0.2, 0.25) is 0 Å². The molecule has 0 spiro atoms. The first-order valence-electron chi connectivity index (χ1n) is 4.70. The predicted octanol–water partition coefficient (Wildman–Crippen LogP) is 1.42. The maximum absolute atomic E-state index is 10.8. The Kier molecular flexibility index (Phi) is 5.76. The summed E-state index contributed by atoms with van der Waals surface area (Å²) in [5, 5.41) is 3.14. The fraction of sp³-hybridized carbons (Fsp3) is 1.00. The number of nitrogens with one attached hydrogen (secondary N) is 1. The molecule has 13 heavy (non-hydrogen) atoms. The molecule has 0 radical (unpaired) electrons. The summed E-state index contributed by atoms with van der Waals surface area (Å²) in [6, 6.07) is 0.304. The lowest BCUT2D eigenvalue weighted by Crippen LogP contribution is -2.37. The highest BCUT2D eigenvalue weighted by Crippen LogP contribution is 2.20. The highest BCUT2D eigenvalue weighted by molar-refractivity contribution is 7.80. The smallest absolute Gasteiger partial charge is 0.0286 e. The minimum absolute atomic E-state index is 0.304. The van der Waals surface area contributed by atoms with Gasteiger partial charge in [0.25, 0.3) is 0 Å². The maximum atomic E-state index is 10.8. The van der Waals surface area contributed by atoms with E-state index in [0.717, 1.165) is 12.8 Å². The minimum atomic E-state index is -1.99. The highest BCUT2D eigenvalue weighted by Gasteiger charge is 2.22. The zero-order valence-electron chi connectivity index (χ0n) is 8.92. The molecule has 0 heterocycles. The van der Waals surface area contributed by atoms with Crippen molar-refractivity contribution in [2.45, 2.75) is 50.8 Å². The van der Waals surface area contributed by atoms with E-state index in [1.165, 1.54) is 0 Å². The molecule has 0 aliphatic heterocycles. The van der Waals surface area contributed by atoms with Gasteiger partial charge < -0.3 is 9.87 Å². The molecule has 4 heteroatoms. The van der Waals surface area contributed by atoms with E-state index in [1.54, 1.807) is 13.8 Å². The van der Waals surface area contributed by atoms with E-state index in [1.807, 2.05) is 7.05 Å². The lowest BCUT2D eigenvalue weighted by atomic mass is 9.99. The second kappa shape index (κ2) is 5.73. The molecule has 0 saturated heterocycles.